The van der Waals surface area contributed by atoms with Crippen LogP contribution in [0.4, 0.5) is 5.69 Å². The Labute approximate surface area is 135 Å². The summed E-state index contributed by atoms with van der Waals surface area (Å²) in [6.07, 6.45) is 2.08. The Hall–Kier alpha value is -1.55. The van der Waals surface area contributed by atoms with E-state index in [9.17, 15) is 4.79 Å². The van der Waals surface area contributed by atoms with Gasteiger partial charge in [-0.25, -0.2) is 0 Å². The van der Waals surface area contributed by atoms with Gasteiger partial charge in [0.05, 0.1) is 0 Å². The van der Waals surface area contributed by atoms with Crippen molar-refractivity contribution in [2.24, 2.45) is 0 Å². The fourth-order valence-corrected chi connectivity index (χ4v) is 2.59. The van der Waals surface area contributed by atoms with Gasteiger partial charge in [0.2, 0.25) is 0 Å². The van der Waals surface area contributed by atoms with Gasteiger partial charge in [0.25, 0.3) is 0 Å². The van der Waals surface area contributed by atoms with Crippen LogP contribution >= 0.6 is 0 Å². The third kappa shape index (κ3) is 4.21. The van der Waals surface area contributed by atoms with Gasteiger partial charge in [0.1, 0.15) is 0 Å². The first-order valence-corrected chi connectivity index (χ1v) is 8.37. The van der Waals surface area contributed by atoms with E-state index < -0.39 is 0 Å². The van der Waals surface area contributed by atoms with Crippen LogP contribution in [-0.4, -0.2) is 29.0 Å². The predicted molar refractivity (Wildman–Crippen MR) is 89.6 cm³/mol. The molecular weight excluding hydrogens is 319 g/mol. The Bertz CT molecular complexity index is 607. The summed E-state index contributed by atoms with van der Waals surface area (Å²) in [5.74, 6) is 0.0796. The number of hydrogen-bond donors (Lipinski definition) is 0. The van der Waals surface area contributed by atoms with Gasteiger partial charge >= 0.3 is 135 Å². The number of rotatable bonds is 5. The minimum atomic E-state index is 0.0796. The summed E-state index contributed by atoms with van der Waals surface area (Å²) in [7, 11) is 0. The van der Waals surface area contributed by atoms with Gasteiger partial charge in [-0.1, -0.05) is 0 Å². The van der Waals surface area contributed by atoms with Crippen molar-refractivity contribution in [1.29, 1.82) is 0 Å². The number of anilines is 1. The Morgan fingerprint density at radius 2 is 1.86 bits per heavy atom. The average Bonchev–Trinajstić information content (AvgIpc) is 2.49. The molecule has 0 saturated carbocycles. The molecule has 1 amide bonds. The first-order chi connectivity index (χ1) is 10.1. The zero-order valence-corrected chi connectivity index (χ0v) is 14.7. The molecule has 3 heteroatoms. The van der Waals surface area contributed by atoms with E-state index in [0.717, 1.165) is 36.2 Å². The second kappa shape index (κ2) is 7.46. The summed E-state index contributed by atoms with van der Waals surface area (Å²) in [6, 6.07) is 16.0. The second-order valence-electron chi connectivity index (χ2n) is 5.23. The Balaban J connectivity index is 2.31. The van der Waals surface area contributed by atoms with Crippen LogP contribution in [0, 0.1) is 6.92 Å². The van der Waals surface area contributed by atoms with Crippen LogP contribution in [0.1, 0.15) is 35.7 Å². The maximum atomic E-state index is 12.8. The summed E-state index contributed by atoms with van der Waals surface area (Å²) in [4.78, 5) is 14.7. The molecule has 0 atom stereocenters. The number of carbonyl (C=O) groups excluding carboxylic acids is 1. The Morgan fingerprint density at radius 1 is 1.14 bits per heavy atom. The Kier molecular flexibility index (Phi) is 5.62. The van der Waals surface area contributed by atoms with Gasteiger partial charge in [-0.15, -0.1) is 0 Å². The average molecular weight is 339 g/mol. The molecule has 0 unspecified atom stereocenters. The molecule has 0 N–H and O–H groups in total. The van der Waals surface area contributed by atoms with Crippen LogP contribution in [0.5, 0.6) is 0 Å². The van der Waals surface area contributed by atoms with Crippen molar-refractivity contribution < 1.29 is 4.79 Å². The van der Waals surface area contributed by atoms with E-state index in [1.165, 1.54) is 4.40 Å². The molecule has 0 saturated heterocycles. The molecule has 2 aromatic carbocycles. The van der Waals surface area contributed by atoms with Crippen LogP contribution in [0.25, 0.3) is 0 Å². The second-order valence-corrected chi connectivity index (χ2v) is 6.44. The minimum absolute atomic E-state index is 0.0796. The van der Waals surface area contributed by atoms with Crippen molar-refractivity contribution in [1.82, 2.24) is 0 Å². The van der Waals surface area contributed by atoms with Crippen molar-refractivity contribution in [2.75, 3.05) is 11.4 Å². The number of aryl methyl sites for hydroxylation is 1. The van der Waals surface area contributed by atoms with Crippen LogP contribution in [-0.2, 0) is 0 Å². The van der Waals surface area contributed by atoms with E-state index in [-0.39, 0.29) is 5.91 Å². The van der Waals surface area contributed by atoms with E-state index in [1.807, 2.05) is 48.2 Å². The van der Waals surface area contributed by atoms with Gasteiger partial charge in [0, 0.05) is 0 Å². The monoisotopic (exact) mass is 340 g/mol. The molecular formula is C18H20GeNO. The van der Waals surface area contributed by atoms with E-state index in [4.69, 9.17) is 0 Å². The molecule has 2 rings (SSSR count). The number of nitrogens with zero attached hydrogens (tertiary/aromatic N) is 1. The molecule has 2 nitrogen and oxygen atoms in total. The Morgan fingerprint density at radius 3 is 2.48 bits per heavy atom. The summed E-state index contributed by atoms with van der Waals surface area (Å²) >= 11 is 2.06. The number of benzene rings is 2. The summed E-state index contributed by atoms with van der Waals surface area (Å²) in [5, 5.41) is 0. The van der Waals surface area contributed by atoms with Crippen molar-refractivity contribution in [3.63, 3.8) is 0 Å². The molecule has 0 bridgehead atoms. The first kappa shape index (κ1) is 15.8. The fraction of sp³-hybridized carbons (Fsp3) is 0.278. The number of unbranched alkanes of at least 4 members (excludes halogenated alkanes) is 1. The first-order valence-electron chi connectivity index (χ1n) is 7.32. The van der Waals surface area contributed by atoms with E-state index in [1.54, 1.807) is 0 Å². The summed E-state index contributed by atoms with van der Waals surface area (Å²) in [6.45, 7) is 4.91. The molecule has 0 aliphatic carbocycles. The van der Waals surface area contributed by atoms with Gasteiger partial charge in [-0.2, -0.15) is 0 Å². The van der Waals surface area contributed by atoms with E-state index in [0.29, 0.717) is 0 Å². The molecule has 0 fully saturated rings. The van der Waals surface area contributed by atoms with Crippen molar-refractivity contribution in [2.45, 2.75) is 26.7 Å². The van der Waals surface area contributed by atoms with E-state index in [2.05, 4.69) is 35.6 Å². The molecule has 21 heavy (non-hydrogen) atoms. The van der Waals surface area contributed by atoms with Gasteiger partial charge in [-0.05, 0) is 0 Å². The molecule has 0 heterocycles. The third-order valence-electron chi connectivity index (χ3n) is 3.42. The molecule has 107 valence electrons. The summed E-state index contributed by atoms with van der Waals surface area (Å²) in [5.41, 5.74) is 2.84. The molecule has 0 aliphatic heterocycles. The normalized spacial score (nSPS) is 10.4. The predicted octanol–water partition coefficient (Wildman–Crippen LogP) is 3.24. The fourth-order valence-electron chi connectivity index (χ4n) is 2.24. The number of amides is 1. The molecule has 0 aromatic heterocycles. The topological polar surface area (TPSA) is 20.3 Å². The van der Waals surface area contributed by atoms with Crippen molar-refractivity contribution in [3.8, 4) is 0 Å². The zero-order chi connectivity index (χ0) is 15.2. The van der Waals surface area contributed by atoms with E-state index >= 15 is 0 Å². The zero-order valence-electron chi connectivity index (χ0n) is 12.6. The molecule has 0 spiro atoms. The number of carbonyl (C=O) groups is 1. The van der Waals surface area contributed by atoms with Crippen molar-refractivity contribution >= 4 is 32.5 Å². The molecule has 3 radical (unpaired) electrons. The molecule has 0 aliphatic rings. The number of hydrogen-bond acceptors (Lipinski definition) is 1. The van der Waals surface area contributed by atoms with Gasteiger partial charge < -0.3 is 0 Å². The van der Waals surface area contributed by atoms with Gasteiger partial charge in [-0.3, -0.25) is 0 Å². The molecule has 2 aromatic rings. The quantitative estimate of drug-likeness (QED) is 0.766. The van der Waals surface area contributed by atoms with Crippen molar-refractivity contribution in [3.05, 3.63) is 59.7 Å². The van der Waals surface area contributed by atoms with Crippen LogP contribution in [0.2, 0.25) is 0 Å². The van der Waals surface area contributed by atoms with Crippen LogP contribution < -0.4 is 9.30 Å². The van der Waals surface area contributed by atoms with Crippen LogP contribution in [0.3, 0.4) is 0 Å². The summed E-state index contributed by atoms with van der Waals surface area (Å²) < 4.78 is 1.21. The van der Waals surface area contributed by atoms with Crippen LogP contribution in [0.15, 0.2) is 48.5 Å². The third-order valence-corrected chi connectivity index (χ3v) is 4.12. The SMILES string of the molecule is CCCCN(C(=O)c1cccc(C)c1)c1cc[c]([Ge])cc1. The maximum absolute atomic E-state index is 12.8. The standard InChI is InChI=1S/C18H20GeNO/c1-3-4-12-20(17-10-8-16(19)9-11-17)18(21)15-7-5-6-14(2)13-15/h5-11,13H,3-4,12H2,1-2H3. The van der Waals surface area contributed by atoms with Gasteiger partial charge in [0.15, 0.2) is 0 Å².